The van der Waals surface area contributed by atoms with Gasteiger partial charge in [0, 0.05) is 18.0 Å². The van der Waals surface area contributed by atoms with Gasteiger partial charge in [-0.25, -0.2) is 4.98 Å². The summed E-state index contributed by atoms with van der Waals surface area (Å²) in [6.45, 7) is 3.56. The van der Waals surface area contributed by atoms with E-state index < -0.39 is 0 Å². The van der Waals surface area contributed by atoms with Crippen molar-refractivity contribution < 1.29 is 4.79 Å². The van der Waals surface area contributed by atoms with Crippen molar-refractivity contribution in [1.29, 1.82) is 0 Å². The number of anilines is 1. The number of aromatic nitrogens is 1. The van der Waals surface area contributed by atoms with E-state index in [4.69, 9.17) is 11.6 Å². The zero-order chi connectivity index (χ0) is 13.0. The third kappa shape index (κ3) is 3.41. The second-order valence-corrected chi connectivity index (χ2v) is 5.25. The van der Waals surface area contributed by atoms with E-state index in [2.05, 4.69) is 15.6 Å². The molecule has 0 unspecified atom stereocenters. The Kier molecular flexibility index (Phi) is 4.52. The molecule has 0 saturated heterocycles. The molecule has 96 valence electrons. The van der Waals surface area contributed by atoms with Gasteiger partial charge in [0.25, 0.3) is 0 Å². The Morgan fingerprint density at radius 1 is 1.50 bits per heavy atom. The smallest absolute Gasteiger partial charge is 0.227 e. The monoisotopic (exact) mass is 283 g/mol. The number of benzene rings is 1. The van der Waals surface area contributed by atoms with Crippen molar-refractivity contribution in [3.8, 4) is 0 Å². The second kappa shape index (κ2) is 6.13. The van der Waals surface area contributed by atoms with Crippen LogP contribution in [-0.2, 0) is 4.79 Å². The molecule has 0 aliphatic rings. The Bertz CT molecular complexity index is 555. The predicted molar refractivity (Wildman–Crippen MR) is 76.4 cm³/mol. The summed E-state index contributed by atoms with van der Waals surface area (Å²) in [5.41, 5.74) is 0.853. The van der Waals surface area contributed by atoms with E-state index in [1.807, 2.05) is 19.1 Å². The molecule has 2 aromatic rings. The molecular formula is C12H14ClN3OS. The molecule has 1 aromatic carbocycles. The molecule has 0 aliphatic carbocycles. The largest absolute Gasteiger partial charge is 0.316 e. The van der Waals surface area contributed by atoms with Crippen molar-refractivity contribution in [2.24, 2.45) is 0 Å². The fourth-order valence-corrected chi connectivity index (χ4v) is 2.67. The number of hydrogen-bond donors (Lipinski definition) is 2. The van der Waals surface area contributed by atoms with Crippen LogP contribution in [0.4, 0.5) is 5.13 Å². The highest BCUT2D eigenvalue weighted by atomic mass is 35.5. The van der Waals surface area contributed by atoms with Gasteiger partial charge in [0.05, 0.1) is 10.2 Å². The number of nitrogens with zero attached hydrogens (tertiary/aromatic N) is 1. The summed E-state index contributed by atoms with van der Waals surface area (Å²) in [7, 11) is 0. The summed E-state index contributed by atoms with van der Waals surface area (Å²) < 4.78 is 0.976. The van der Waals surface area contributed by atoms with E-state index in [-0.39, 0.29) is 5.91 Å². The maximum Gasteiger partial charge on any atom is 0.227 e. The second-order valence-electron chi connectivity index (χ2n) is 3.78. The number of carbonyl (C=O) groups excluding carboxylic acids is 1. The van der Waals surface area contributed by atoms with Gasteiger partial charge in [0.1, 0.15) is 0 Å². The van der Waals surface area contributed by atoms with Crippen molar-refractivity contribution >= 4 is 44.2 Å². The standard InChI is InChI=1S/C12H14ClN3OS/c1-2-14-6-5-11(17)16-12-15-9-4-3-8(13)7-10(9)18-12/h3-4,7,14H,2,5-6H2,1H3,(H,15,16,17). The maximum atomic E-state index is 11.6. The summed E-state index contributed by atoms with van der Waals surface area (Å²) in [5.74, 6) is -0.0268. The van der Waals surface area contributed by atoms with E-state index in [9.17, 15) is 4.79 Å². The first-order valence-corrected chi connectivity index (χ1v) is 6.95. The van der Waals surface area contributed by atoms with Gasteiger partial charge in [-0.2, -0.15) is 0 Å². The number of hydrogen-bond acceptors (Lipinski definition) is 4. The SMILES string of the molecule is CCNCCC(=O)Nc1nc2ccc(Cl)cc2s1. The van der Waals surface area contributed by atoms with Crippen LogP contribution in [0.25, 0.3) is 10.2 Å². The highest BCUT2D eigenvalue weighted by Gasteiger charge is 2.07. The first kappa shape index (κ1) is 13.3. The lowest BCUT2D eigenvalue weighted by molar-refractivity contribution is -0.116. The maximum absolute atomic E-state index is 11.6. The zero-order valence-electron chi connectivity index (χ0n) is 10.00. The molecular weight excluding hydrogens is 270 g/mol. The summed E-state index contributed by atoms with van der Waals surface area (Å²) in [6, 6.07) is 5.49. The van der Waals surface area contributed by atoms with Crippen LogP contribution in [0.1, 0.15) is 13.3 Å². The highest BCUT2D eigenvalue weighted by Crippen LogP contribution is 2.28. The lowest BCUT2D eigenvalue weighted by Gasteiger charge is -2.01. The number of rotatable bonds is 5. The highest BCUT2D eigenvalue weighted by molar-refractivity contribution is 7.22. The number of nitrogens with one attached hydrogen (secondary N) is 2. The Hall–Kier alpha value is -1.17. The van der Waals surface area contributed by atoms with Crippen LogP contribution in [0.3, 0.4) is 0 Å². The van der Waals surface area contributed by atoms with Gasteiger partial charge >= 0.3 is 0 Å². The van der Waals surface area contributed by atoms with E-state index in [0.717, 1.165) is 16.8 Å². The van der Waals surface area contributed by atoms with Crippen molar-refractivity contribution in [1.82, 2.24) is 10.3 Å². The summed E-state index contributed by atoms with van der Waals surface area (Å²) >= 11 is 7.33. The average Bonchev–Trinajstić information content (AvgIpc) is 2.70. The van der Waals surface area contributed by atoms with Gasteiger partial charge in [-0.1, -0.05) is 29.9 Å². The number of amides is 1. The van der Waals surface area contributed by atoms with Gasteiger partial charge in [-0.3, -0.25) is 4.79 Å². The molecule has 0 bridgehead atoms. The quantitative estimate of drug-likeness (QED) is 0.830. The minimum atomic E-state index is -0.0268. The van der Waals surface area contributed by atoms with E-state index in [1.54, 1.807) is 6.07 Å². The van der Waals surface area contributed by atoms with Gasteiger partial charge in [0.15, 0.2) is 5.13 Å². The molecule has 0 saturated carbocycles. The van der Waals surface area contributed by atoms with Crippen molar-refractivity contribution in [2.45, 2.75) is 13.3 Å². The van der Waals surface area contributed by atoms with Crippen LogP contribution < -0.4 is 10.6 Å². The van der Waals surface area contributed by atoms with Crippen LogP contribution in [0.15, 0.2) is 18.2 Å². The van der Waals surface area contributed by atoms with Gasteiger partial charge in [-0.15, -0.1) is 0 Å². The van der Waals surface area contributed by atoms with E-state index in [1.165, 1.54) is 11.3 Å². The molecule has 0 spiro atoms. The molecule has 2 rings (SSSR count). The number of fused-ring (bicyclic) bond motifs is 1. The Morgan fingerprint density at radius 3 is 3.11 bits per heavy atom. The average molecular weight is 284 g/mol. The Morgan fingerprint density at radius 2 is 2.33 bits per heavy atom. The molecule has 0 fully saturated rings. The molecule has 1 amide bonds. The molecule has 18 heavy (non-hydrogen) atoms. The lowest BCUT2D eigenvalue weighted by Crippen LogP contribution is -2.21. The molecule has 0 atom stereocenters. The van der Waals surface area contributed by atoms with E-state index >= 15 is 0 Å². The number of carbonyl (C=O) groups is 1. The normalized spacial score (nSPS) is 10.8. The third-order valence-corrected chi connectivity index (χ3v) is 3.54. The number of halogens is 1. The minimum Gasteiger partial charge on any atom is -0.316 e. The fraction of sp³-hybridized carbons (Fsp3) is 0.333. The van der Waals surface area contributed by atoms with Crippen molar-refractivity contribution in [3.05, 3.63) is 23.2 Å². The van der Waals surface area contributed by atoms with Gasteiger partial charge < -0.3 is 10.6 Å². The predicted octanol–water partition coefficient (Wildman–Crippen LogP) is 2.89. The first-order valence-electron chi connectivity index (χ1n) is 5.75. The van der Waals surface area contributed by atoms with Gasteiger partial charge in [-0.05, 0) is 24.7 Å². The van der Waals surface area contributed by atoms with Crippen LogP contribution in [-0.4, -0.2) is 24.0 Å². The van der Waals surface area contributed by atoms with Crippen molar-refractivity contribution in [2.75, 3.05) is 18.4 Å². The molecule has 0 aliphatic heterocycles. The molecule has 6 heteroatoms. The molecule has 2 N–H and O–H groups in total. The first-order chi connectivity index (χ1) is 8.69. The summed E-state index contributed by atoms with van der Waals surface area (Å²) in [5, 5.41) is 7.20. The zero-order valence-corrected chi connectivity index (χ0v) is 11.6. The molecule has 0 radical (unpaired) electrons. The summed E-state index contributed by atoms with van der Waals surface area (Å²) in [4.78, 5) is 16.0. The Balaban J connectivity index is 2.01. The van der Waals surface area contributed by atoms with Crippen LogP contribution in [0, 0.1) is 0 Å². The van der Waals surface area contributed by atoms with Crippen LogP contribution in [0.5, 0.6) is 0 Å². The van der Waals surface area contributed by atoms with Crippen molar-refractivity contribution in [3.63, 3.8) is 0 Å². The minimum absolute atomic E-state index is 0.0268. The lowest BCUT2D eigenvalue weighted by atomic mass is 10.3. The topological polar surface area (TPSA) is 54.0 Å². The molecule has 4 nitrogen and oxygen atoms in total. The molecule has 1 aromatic heterocycles. The van der Waals surface area contributed by atoms with Gasteiger partial charge in [0.2, 0.25) is 5.91 Å². The van der Waals surface area contributed by atoms with E-state index in [0.29, 0.717) is 23.1 Å². The van der Waals surface area contributed by atoms with Crippen LogP contribution in [0.2, 0.25) is 5.02 Å². The van der Waals surface area contributed by atoms with Crippen LogP contribution >= 0.6 is 22.9 Å². The number of thiazole rings is 1. The fourth-order valence-electron chi connectivity index (χ4n) is 1.51. The third-order valence-electron chi connectivity index (χ3n) is 2.38. The Labute approximate surface area is 114 Å². The summed E-state index contributed by atoms with van der Waals surface area (Å²) in [6.07, 6.45) is 0.449. The molecule has 1 heterocycles.